The monoisotopic (exact) mass is 351 g/mol. The van der Waals surface area contributed by atoms with Crippen molar-refractivity contribution in [3.63, 3.8) is 0 Å². The molecule has 0 aliphatic carbocycles. The summed E-state index contributed by atoms with van der Waals surface area (Å²) in [4.78, 5) is 23.5. The van der Waals surface area contributed by atoms with E-state index in [1.807, 2.05) is 39.9 Å². The molecule has 0 spiro atoms. The molecule has 134 valence electrons. The van der Waals surface area contributed by atoms with Crippen LogP contribution in [0.1, 0.15) is 55.2 Å². The Morgan fingerprint density at radius 2 is 2.08 bits per heavy atom. The van der Waals surface area contributed by atoms with Gasteiger partial charge in [0.25, 0.3) is 5.91 Å². The van der Waals surface area contributed by atoms with E-state index in [0.29, 0.717) is 24.0 Å². The molecular formula is C19H21N5O2. The number of carbonyl (C=O) groups excluding carboxylic acids is 1. The van der Waals surface area contributed by atoms with Gasteiger partial charge < -0.3 is 14.0 Å². The lowest BCUT2D eigenvalue weighted by molar-refractivity contribution is 0.0697. The van der Waals surface area contributed by atoms with Gasteiger partial charge in [-0.2, -0.15) is 4.98 Å². The second kappa shape index (κ2) is 6.74. The Morgan fingerprint density at radius 3 is 2.85 bits per heavy atom. The third kappa shape index (κ3) is 2.89. The fourth-order valence-corrected chi connectivity index (χ4v) is 3.43. The molecule has 1 aliphatic rings. The third-order valence-corrected chi connectivity index (χ3v) is 4.73. The highest BCUT2D eigenvalue weighted by molar-refractivity contribution is 5.93. The Balaban J connectivity index is 1.60. The quantitative estimate of drug-likeness (QED) is 0.719. The summed E-state index contributed by atoms with van der Waals surface area (Å²) in [5.41, 5.74) is 1.54. The molecule has 3 aromatic rings. The largest absolute Gasteiger partial charge is 0.341 e. The number of hydrogen-bond donors (Lipinski definition) is 0. The van der Waals surface area contributed by atoms with E-state index in [0.717, 1.165) is 18.4 Å². The van der Waals surface area contributed by atoms with Crippen LogP contribution in [0.4, 0.5) is 0 Å². The standard InChI is InChI=1S/C19H21N5O2/c1-13(2)23-11-4-6-16(23)19(25)24-12-3-5-15(24)18-21-17(22-26-18)14-7-9-20-10-8-14/h4,6-11,13,15H,3,5,12H2,1-2H3/t15-/m0/s1. The number of hydrogen-bond acceptors (Lipinski definition) is 5. The van der Waals surface area contributed by atoms with Crippen molar-refractivity contribution in [2.75, 3.05) is 6.54 Å². The molecule has 1 amide bonds. The first-order valence-electron chi connectivity index (χ1n) is 8.87. The third-order valence-electron chi connectivity index (χ3n) is 4.73. The van der Waals surface area contributed by atoms with Gasteiger partial charge in [-0.25, -0.2) is 0 Å². The molecule has 0 unspecified atom stereocenters. The van der Waals surface area contributed by atoms with Crippen LogP contribution >= 0.6 is 0 Å². The molecule has 4 rings (SSSR count). The summed E-state index contributed by atoms with van der Waals surface area (Å²) in [5.74, 6) is 1.02. The predicted octanol–water partition coefficient (Wildman–Crippen LogP) is 3.49. The van der Waals surface area contributed by atoms with Crippen LogP contribution in [0.15, 0.2) is 47.4 Å². The molecule has 0 N–H and O–H groups in total. The van der Waals surface area contributed by atoms with Crippen molar-refractivity contribution in [1.82, 2.24) is 24.6 Å². The molecule has 1 atom stereocenters. The van der Waals surface area contributed by atoms with E-state index < -0.39 is 0 Å². The van der Waals surface area contributed by atoms with E-state index >= 15 is 0 Å². The molecule has 3 aromatic heterocycles. The van der Waals surface area contributed by atoms with Gasteiger partial charge in [-0.1, -0.05) is 5.16 Å². The second-order valence-electron chi connectivity index (χ2n) is 6.74. The molecule has 26 heavy (non-hydrogen) atoms. The molecule has 4 heterocycles. The summed E-state index contributed by atoms with van der Waals surface area (Å²) in [6.45, 7) is 4.83. The maximum absolute atomic E-state index is 13.1. The molecule has 1 fully saturated rings. The van der Waals surface area contributed by atoms with Gasteiger partial charge in [0, 0.05) is 36.7 Å². The number of likely N-dealkylation sites (tertiary alicyclic amines) is 1. The average molecular weight is 351 g/mol. The minimum absolute atomic E-state index is 0.00913. The summed E-state index contributed by atoms with van der Waals surface area (Å²) in [7, 11) is 0. The van der Waals surface area contributed by atoms with Crippen LogP contribution in [-0.2, 0) is 0 Å². The molecule has 0 aromatic carbocycles. The Bertz CT molecular complexity index is 900. The van der Waals surface area contributed by atoms with Gasteiger partial charge in [-0.05, 0) is 51.0 Å². The number of amides is 1. The fraction of sp³-hybridized carbons (Fsp3) is 0.368. The molecule has 7 nitrogen and oxygen atoms in total. The fourth-order valence-electron chi connectivity index (χ4n) is 3.43. The molecule has 0 radical (unpaired) electrons. The molecule has 7 heteroatoms. The van der Waals surface area contributed by atoms with E-state index in [2.05, 4.69) is 29.0 Å². The first kappa shape index (κ1) is 16.5. The lowest BCUT2D eigenvalue weighted by atomic mass is 10.2. The smallest absolute Gasteiger partial charge is 0.271 e. The highest BCUT2D eigenvalue weighted by Crippen LogP contribution is 2.33. The van der Waals surface area contributed by atoms with Gasteiger partial charge in [0.15, 0.2) is 0 Å². The van der Waals surface area contributed by atoms with Crippen LogP contribution in [0.3, 0.4) is 0 Å². The van der Waals surface area contributed by atoms with Crippen LogP contribution in [0.25, 0.3) is 11.4 Å². The van der Waals surface area contributed by atoms with Crippen LogP contribution in [0.2, 0.25) is 0 Å². The first-order chi connectivity index (χ1) is 12.6. The van der Waals surface area contributed by atoms with E-state index in [9.17, 15) is 4.79 Å². The Kier molecular flexibility index (Phi) is 4.28. The van der Waals surface area contributed by atoms with Crippen LogP contribution in [0, 0.1) is 0 Å². The van der Waals surface area contributed by atoms with Crippen LogP contribution in [-0.4, -0.2) is 37.0 Å². The van der Waals surface area contributed by atoms with E-state index in [1.54, 1.807) is 12.4 Å². The zero-order valence-corrected chi connectivity index (χ0v) is 14.9. The topological polar surface area (TPSA) is 77.1 Å². The summed E-state index contributed by atoms with van der Waals surface area (Å²) in [6.07, 6.45) is 7.07. The van der Waals surface area contributed by atoms with Crippen molar-refractivity contribution in [1.29, 1.82) is 0 Å². The van der Waals surface area contributed by atoms with Crippen molar-refractivity contribution in [3.8, 4) is 11.4 Å². The lowest BCUT2D eigenvalue weighted by Gasteiger charge is -2.23. The summed E-state index contributed by atoms with van der Waals surface area (Å²) in [5, 5.41) is 4.08. The molecule has 0 saturated carbocycles. The highest BCUT2D eigenvalue weighted by Gasteiger charge is 2.35. The SMILES string of the molecule is CC(C)n1cccc1C(=O)N1CCC[C@H]1c1nc(-c2ccncc2)no1. The molecule has 1 aliphatic heterocycles. The number of pyridine rings is 1. The van der Waals surface area contributed by atoms with E-state index in [1.165, 1.54) is 0 Å². The maximum Gasteiger partial charge on any atom is 0.271 e. The summed E-state index contributed by atoms with van der Waals surface area (Å²) >= 11 is 0. The van der Waals surface area contributed by atoms with Gasteiger partial charge >= 0.3 is 0 Å². The minimum Gasteiger partial charge on any atom is -0.341 e. The Labute approximate surface area is 151 Å². The normalized spacial score (nSPS) is 17.2. The van der Waals surface area contributed by atoms with Crippen molar-refractivity contribution < 1.29 is 9.32 Å². The number of aromatic nitrogens is 4. The maximum atomic E-state index is 13.1. The van der Waals surface area contributed by atoms with Crippen molar-refractivity contribution in [2.24, 2.45) is 0 Å². The molecular weight excluding hydrogens is 330 g/mol. The van der Waals surface area contributed by atoms with Gasteiger partial charge in [0.05, 0.1) is 0 Å². The van der Waals surface area contributed by atoms with Gasteiger partial charge in [0.1, 0.15) is 11.7 Å². The van der Waals surface area contributed by atoms with Gasteiger partial charge in [-0.3, -0.25) is 9.78 Å². The number of rotatable bonds is 4. The number of carbonyl (C=O) groups is 1. The lowest BCUT2D eigenvalue weighted by Crippen LogP contribution is -2.32. The van der Waals surface area contributed by atoms with Gasteiger partial charge in [-0.15, -0.1) is 0 Å². The number of nitrogens with zero attached hydrogens (tertiary/aromatic N) is 5. The second-order valence-corrected chi connectivity index (χ2v) is 6.74. The van der Waals surface area contributed by atoms with E-state index in [4.69, 9.17) is 4.52 Å². The molecule has 1 saturated heterocycles. The average Bonchev–Trinajstić information content (AvgIpc) is 3.41. The van der Waals surface area contributed by atoms with Crippen molar-refractivity contribution in [2.45, 2.75) is 38.8 Å². The summed E-state index contributed by atoms with van der Waals surface area (Å²) < 4.78 is 7.49. The minimum atomic E-state index is -0.180. The summed E-state index contributed by atoms with van der Waals surface area (Å²) in [6, 6.07) is 7.50. The van der Waals surface area contributed by atoms with Crippen molar-refractivity contribution >= 4 is 5.91 Å². The predicted molar refractivity (Wildman–Crippen MR) is 95.4 cm³/mol. The zero-order chi connectivity index (χ0) is 18.1. The van der Waals surface area contributed by atoms with E-state index in [-0.39, 0.29) is 18.0 Å². The Hall–Kier alpha value is -2.96. The van der Waals surface area contributed by atoms with Crippen molar-refractivity contribution in [3.05, 3.63) is 54.4 Å². The molecule has 0 bridgehead atoms. The Morgan fingerprint density at radius 1 is 1.27 bits per heavy atom. The first-order valence-corrected chi connectivity index (χ1v) is 8.87. The van der Waals surface area contributed by atoms with Crippen LogP contribution in [0.5, 0.6) is 0 Å². The highest BCUT2D eigenvalue weighted by atomic mass is 16.5. The zero-order valence-electron chi connectivity index (χ0n) is 14.9. The van der Waals surface area contributed by atoms with Gasteiger partial charge in [0.2, 0.25) is 11.7 Å². The van der Waals surface area contributed by atoms with Crippen LogP contribution < -0.4 is 0 Å².